The lowest BCUT2D eigenvalue weighted by molar-refractivity contribution is -0.192. The molecule has 1 aromatic rings. The number of nitrogens with two attached hydrogens (primary N) is 1. The molecule has 0 saturated heterocycles. The van der Waals surface area contributed by atoms with E-state index in [0.717, 1.165) is 5.56 Å². The van der Waals surface area contributed by atoms with E-state index in [1.807, 2.05) is 44.2 Å². The van der Waals surface area contributed by atoms with Crippen LogP contribution in [0.1, 0.15) is 25.8 Å². The lowest BCUT2D eigenvalue weighted by Crippen LogP contribution is -2.53. The molecule has 0 radical (unpaired) electrons. The van der Waals surface area contributed by atoms with E-state index >= 15 is 0 Å². The molecular formula is C14H19F3N2O3. The van der Waals surface area contributed by atoms with Gasteiger partial charge in [-0.15, -0.1) is 0 Å². The second-order valence-electron chi connectivity index (χ2n) is 4.72. The molecule has 8 heteroatoms. The predicted molar refractivity (Wildman–Crippen MR) is 74.9 cm³/mol. The van der Waals surface area contributed by atoms with Gasteiger partial charge in [-0.3, -0.25) is 10.6 Å². The van der Waals surface area contributed by atoms with Gasteiger partial charge < -0.3 is 5.11 Å². The van der Waals surface area contributed by atoms with Crippen molar-refractivity contribution in [3.63, 3.8) is 0 Å². The molecule has 0 aliphatic rings. The Morgan fingerprint density at radius 1 is 1.23 bits per heavy atom. The first-order valence-electron chi connectivity index (χ1n) is 6.42. The van der Waals surface area contributed by atoms with Gasteiger partial charge in [0.15, 0.2) is 5.78 Å². The summed E-state index contributed by atoms with van der Waals surface area (Å²) in [7, 11) is 0. The van der Waals surface area contributed by atoms with E-state index in [2.05, 4.69) is 5.43 Å². The van der Waals surface area contributed by atoms with Crippen LogP contribution in [0.5, 0.6) is 0 Å². The quantitative estimate of drug-likeness (QED) is 0.570. The molecule has 1 aromatic carbocycles. The average Bonchev–Trinajstić information content (AvgIpc) is 2.47. The molecule has 4 N–H and O–H groups in total. The van der Waals surface area contributed by atoms with Crippen LogP contribution in [-0.4, -0.2) is 28.6 Å². The number of alkyl halides is 3. The van der Waals surface area contributed by atoms with Gasteiger partial charge in [-0.1, -0.05) is 37.3 Å². The van der Waals surface area contributed by atoms with E-state index in [0.29, 0.717) is 12.8 Å². The summed E-state index contributed by atoms with van der Waals surface area (Å²) in [5.74, 6) is 2.77. The van der Waals surface area contributed by atoms with Crippen molar-refractivity contribution in [1.82, 2.24) is 5.43 Å². The van der Waals surface area contributed by atoms with Crippen LogP contribution >= 0.6 is 0 Å². The van der Waals surface area contributed by atoms with E-state index in [4.69, 9.17) is 15.7 Å². The molecule has 0 fully saturated rings. The van der Waals surface area contributed by atoms with Crippen LogP contribution in [0.2, 0.25) is 0 Å². The Bertz CT molecular complexity index is 486. The molecule has 0 amide bonds. The summed E-state index contributed by atoms with van der Waals surface area (Å²) in [4.78, 5) is 20.8. The molecule has 22 heavy (non-hydrogen) atoms. The molecule has 1 rings (SSSR count). The van der Waals surface area contributed by atoms with Gasteiger partial charge in [0, 0.05) is 6.42 Å². The highest BCUT2D eigenvalue weighted by atomic mass is 19.4. The largest absolute Gasteiger partial charge is 0.490 e. The molecule has 0 aromatic heterocycles. The highest BCUT2D eigenvalue weighted by Crippen LogP contribution is 2.13. The number of aliphatic carboxylic acids is 1. The van der Waals surface area contributed by atoms with Crippen LogP contribution in [0.15, 0.2) is 30.3 Å². The lowest BCUT2D eigenvalue weighted by atomic mass is 9.90. The fraction of sp³-hybridized carbons (Fsp3) is 0.429. The number of Topliss-reactive ketones (excluding diaryl/α,β-unsaturated/α-hetero) is 1. The average molecular weight is 320 g/mol. The summed E-state index contributed by atoms with van der Waals surface area (Å²) in [6.07, 6.45) is -3.97. The van der Waals surface area contributed by atoms with Gasteiger partial charge in [-0.05, 0) is 18.9 Å². The number of benzene rings is 1. The number of carbonyl (C=O) groups is 2. The summed E-state index contributed by atoms with van der Waals surface area (Å²) in [5, 5.41) is 7.12. The van der Waals surface area contributed by atoms with E-state index in [1.165, 1.54) is 0 Å². The number of nitrogens with one attached hydrogen (secondary N) is 1. The predicted octanol–water partition coefficient (Wildman–Crippen LogP) is 2.06. The molecule has 0 aliphatic heterocycles. The lowest BCUT2D eigenvalue weighted by Gasteiger charge is -2.25. The van der Waals surface area contributed by atoms with Gasteiger partial charge in [-0.2, -0.15) is 13.2 Å². The van der Waals surface area contributed by atoms with E-state index < -0.39 is 17.7 Å². The maximum Gasteiger partial charge on any atom is 0.490 e. The standard InChI is InChI=1S/C12H18N2O.C2HF3O2/c1-3-12(2,14-13)11(15)9-10-7-5-4-6-8-10;3-2(4,5)1(6)7/h4-8,14H,3,9,13H2,1-2H3;(H,6,7). The number of halogens is 3. The number of hydrogen-bond acceptors (Lipinski definition) is 4. The number of hydrogen-bond donors (Lipinski definition) is 3. The number of hydrazine groups is 1. The molecule has 0 saturated carbocycles. The number of rotatable bonds is 5. The van der Waals surface area contributed by atoms with Crippen LogP contribution in [-0.2, 0) is 16.0 Å². The second kappa shape index (κ2) is 8.50. The molecule has 0 bridgehead atoms. The van der Waals surface area contributed by atoms with Crippen LogP contribution in [0, 0.1) is 0 Å². The molecular weight excluding hydrogens is 301 g/mol. The molecule has 5 nitrogen and oxygen atoms in total. The maximum absolute atomic E-state index is 12.0. The van der Waals surface area contributed by atoms with Crippen LogP contribution in [0.4, 0.5) is 13.2 Å². The third-order valence-corrected chi connectivity index (χ3v) is 3.09. The van der Waals surface area contributed by atoms with Crippen molar-refractivity contribution < 1.29 is 27.9 Å². The Labute approximate surface area is 126 Å². The van der Waals surface area contributed by atoms with Gasteiger partial charge in [0.05, 0.1) is 5.54 Å². The zero-order valence-corrected chi connectivity index (χ0v) is 12.3. The smallest absolute Gasteiger partial charge is 0.475 e. The number of carbonyl (C=O) groups excluding carboxylic acids is 1. The summed E-state index contributed by atoms with van der Waals surface area (Å²) < 4.78 is 31.7. The Morgan fingerprint density at radius 2 is 1.68 bits per heavy atom. The molecule has 1 unspecified atom stereocenters. The van der Waals surface area contributed by atoms with Crippen molar-refractivity contribution in [3.8, 4) is 0 Å². The number of carboxylic acids is 1. The number of carboxylic acid groups (broad SMARTS) is 1. The zero-order chi connectivity index (χ0) is 17.4. The Morgan fingerprint density at radius 3 is 2.00 bits per heavy atom. The topological polar surface area (TPSA) is 92.4 Å². The highest BCUT2D eigenvalue weighted by molar-refractivity contribution is 5.89. The summed E-state index contributed by atoms with van der Waals surface area (Å²) >= 11 is 0. The summed E-state index contributed by atoms with van der Waals surface area (Å²) in [6.45, 7) is 3.78. The minimum atomic E-state index is -5.08. The molecule has 0 aliphatic carbocycles. The first kappa shape index (κ1) is 20.1. The minimum absolute atomic E-state index is 0.124. The fourth-order valence-corrected chi connectivity index (χ4v) is 1.36. The summed E-state index contributed by atoms with van der Waals surface area (Å²) in [6, 6.07) is 9.70. The Kier molecular flexibility index (Phi) is 7.75. The normalized spacial score (nSPS) is 13.5. The van der Waals surface area contributed by atoms with Crippen molar-refractivity contribution in [2.24, 2.45) is 5.84 Å². The summed E-state index contributed by atoms with van der Waals surface area (Å²) in [5.41, 5.74) is 3.01. The SMILES string of the molecule is CCC(C)(NN)C(=O)Cc1ccccc1.O=C(O)C(F)(F)F. The monoisotopic (exact) mass is 320 g/mol. The van der Waals surface area contributed by atoms with E-state index in [9.17, 15) is 18.0 Å². The number of ketones is 1. The van der Waals surface area contributed by atoms with E-state index in [-0.39, 0.29) is 5.78 Å². The van der Waals surface area contributed by atoms with Crippen molar-refractivity contribution in [1.29, 1.82) is 0 Å². The molecule has 0 spiro atoms. The third-order valence-electron chi connectivity index (χ3n) is 3.09. The van der Waals surface area contributed by atoms with Gasteiger partial charge >= 0.3 is 12.1 Å². The van der Waals surface area contributed by atoms with Gasteiger partial charge in [-0.25, -0.2) is 10.2 Å². The fourth-order valence-electron chi connectivity index (χ4n) is 1.36. The molecule has 0 heterocycles. The van der Waals surface area contributed by atoms with Crippen molar-refractivity contribution in [2.75, 3.05) is 0 Å². The maximum atomic E-state index is 12.0. The first-order valence-corrected chi connectivity index (χ1v) is 6.42. The first-order chi connectivity index (χ1) is 10.1. The second-order valence-corrected chi connectivity index (χ2v) is 4.72. The Hall–Kier alpha value is -1.93. The van der Waals surface area contributed by atoms with Crippen LogP contribution < -0.4 is 11.3 Å². The van der Waals surface area contributed by atoms with Crippen molar-refractivity contribution in [2.45, 2.75) is 38.4 Å². The third kappa shape index (κ3) is 6.68. The van der Waals surface area contributed by atoms with Gasteiger partial charge in [0.25, 0.3) is 0 Å². The highest BCUT2D eigenvalue weighted by Gasteiger charge is 2.38. The van der Waals surface area contributed by atoms with Crippen molar-refractivity contribution >= 4 is 11.8 Å². The van der Waals surface area contributed by atoms with Crippen molar-refractivity contribution in [3.05, 3.63) is 35.9 Å². The van der Waals surface area contributed by atoms with Crippen LogP contribution in [0.3, 0.4) is 0 Å². The molecule has 1 atom stereocenters. The minimum Gasteiger partial charge on any atom is -0.475 e. The van der Waals surface area contributed by atoms with Gasteiger partial charge in [0.1, 0.15) is 0 Å². The van der Waals surface area contributed by atoms with E-state index in [1.54, 1.807) is 0 Å². The Balaban J connectivity index is 0.000000534. The zero-order valence-electron chi connectivity index (χ0n) is 12.3. The van der Waals surface area contributed by atoms with Crippen LogP contribution in [0.25, 0.3) is 0 Å². The molecule has 124 valence electrons. The van der Waals surface area contributed by atoms with Gasteiger partial charge in [0.2, 0.25) is 0 Å².